The summed E-state index contributed by atoms with van der Waals surface area (Å²) in [6, 6.07) is 7.48. The van der Waals surface area contributed by atoms with Gasteiger partial charge in [0.25, 0.3) is 10.1 Å². The van der Waals surface area contributed by atoms with E-state index in [1.54, 1.807) is 0 Å². The fourth-order valence-electron chi connectivity index (χ4n) is 4.73. The molecule has 0 bridgehead atoms. The van der Waals surface area contributed by atoms with Gasteiger partial charge in [0.1, 0.15) is 16.7 Å². The number of hydrogen-bond acceptors (Lipinski definition) is 15. The van der Waals surface area contributed by atoms with E-state index in [0.717, 1.165) is 25.0 Å². The molecule has 0 saturated carbocycles. The fraction of sp³-hybridized carbons (Fsp3) is 0.500. The third-order valence-corrected chi connectivity index (χ3v) is 9.08. The number of phenols is 1. The topological polar surface area (TPSA) is 437 Å². The van der Waals surface area contributed by atoms with Gasteiger partial charge in [-0.1, -0.05) is 109 Å². The Morgan fingerprint density at radius 2 is 0.836 bits per heavy atom. The molecule has 23 nitrogen and oxygen atoms in total. The molecule has 2 unspecified atom stereocenters. The SMILES string of the molecule is CCCCCCCCCCCCCCCCCC(=O)O.N#CS.O=C(O)C(O)C(O)C(=O)O.O=C(O)CCC(=O)O.O=C(O)c1cc(S(=O)(=O)O)ccc1O.O=C(O)c1ccc(C(=O)O)cc1. The smallest absolute Gasteiger partial charge is 0.339 e. The van der Waals surface area contributed by atoms with E-state index in [-0.39, 0.29) is 24.0 Å². The van der Waals surface area contributed by atoms with Gasteiger partial charge in [-0.3, -0.25) is 18.9 Å². The summed E-state index contributed by atoms with van der Waals surface area (Å²) in [7, 11) is -4.45. The lowest BCUT2D eigenvalue weighted by Crippen LogP contribution is -2.39. The Morgan fingerprint density at radius 3 is 1.07 bits per heavy atom. The van der Waals surface area contributed by atoms with Crippen molar-refractivity contribution >= 4 is 70.5 Å². The van der Waals surface area contributed by atoms with E-state index in [2.05, 4.69) is 19.6 Å². The van der Waals surface area contributed by atoms with Crippen molar-refractivity contribution in [1.82, 2.24) is 0 Å². The summed E-state index contributed by atoms with van der Waals surface area (Å²) in [5, 5.41) is 99.9. The van der Waals surface area contributed by atoms with Crippen LogP contribution in [0.25, 0.3) is 0 Å². The quantitative estimate of drug-likeness (QED) is 0.0223. The van der Waals surface area contributed by atoms with Crippen molar-refractivity contribution in [2.75, 3.05) is 0 Å². The lowest BCUT2D eigenvalue weighted by molar-refractivity contribution is -0.165. The standard InChI is InChI=1S/C18H36O2.C8H6O4.C7H6O6S.C4H6O6.C4H6O4.CHNS/c1-2-3-4-5-6-7-8-9-10-11-12-13-14-15-16-17-18(19)20;9-7(10)5-1-2-6(4-3-5)8(11)12;8-6-2-1-4(14(11,12)13)3-5(6)7(9)10;5-1(3(7)8)2(6)4(9)10;5-3(6)1-2-4(7)8;2-1-3/h2-17H2,1H3,(H,19,20);1-4H,(H,9,10)(H,11,12);1-3,8H,(H,9,10)(H,11,12,13);1-2,5-6H,(H,7,8)(H,9,10);1-2H2,(H,5,6)(H,7,8);3H. The number of thiocyanates is 1. The van der Waals surface area contributed by atoms with E-state index in [1.165, 1.54) is 113 Å². The highest BCUT2D eigenvalue weighted by Gasteiger charge is 2.29. The van der Waals surface area contributed by atoms with Gasteiger partial charge in [-0.15, -0.1) is 0 Å². The van der Waals surface area contributed by atoms with Crippen LogP contribution < -0.4 is 0 Å². The molecule has 0 aliphatic rings. The Balaban J connectivity index is -0.000000376. The van der Waals surface area contributed by atoms with Gasteiger partial charge < -0.3 is 56.2 Å². The second kappa shape index (κ2) is 41.1. The Labute approximate surface area is 392 Å². The maximum Gasteiger partial charge on any atom is 0.339 e. The molecule has 67 heavy (non-hydrogen) atoms. The molecule has 0 spiro atoms. The third kappa shape index (κ3) is 42.1. The van der Waals surface area contributed by atoms with Gasteiger partial charge in [-0.2, -0.15) is 13.7 Å². The molecule has 0 fully saturated rings. The Bertz CT molecular complexity index is 1880. The molecule has 0 radical (unpaired) electrons. The number of carboxylic acid groups (broad SMARTS) is 8. The van der Waals surface area contributed by atoms with E-state index in [1.807, 2.05) is 0 Å². The lowest BCUT2D eigenvalue weighted by atomic mass is 10.0. The molecule has 0 heterocycles. The van der Waals surface area contributed by atoms with Crippen LogP contribution in [0.15, 0.2) is 47.4 Å². The van der Waals surface area contributed by atoms with Crippen LogP contribution in [0.2, 0.25) is 0 Å². The van der Waals surface area contributed by atoms with Crippen LogP contribution in [0.1, 0.15) is 154 Å². The highest BCUT2D eigenvalue weighted by atomic mass is 32.2. The number of unbranched alkanes of at least 4 members (excludes halogenated alkanes) is 14. The van der Waals surface area contributed by atoms with Gasteiger partial charge in [-0.25, -0.2) is 24.0 Å². The van der Waals surface area contributed by atoms with E-state index < -0.39 is 86.3 Å². The highest BCUT2D eigenvalue weighted by molar-refractivity contribution is 7.85. The van der Waals surface area contributed by atoms with Gasteiger partial charge in [0.05, 0.1) is 28.9 Å². The van der Waals surface area contributed by atoms with Gasteiger partial charge in [0.15, 0.2) is 12.2 Å². The number of nitriles is 1. The number of aliphatic hydroxyl groups is 2. The second-order valence-electron chi connectivity index (χ2n) is 13.7. The normalized spacial score (nSPS) is 10.7. The van der Waals surface area contributed by atoms with Crippen molar-refractivity contribution in [3.05, 3.63) is 59.2 Å². The zero-order valence-corrected chi connectivity index (χ0v) is 38.4. The number of rotatable bonds is 26. The molecule has 2 atom stereocenters. The molecular weight excluding hydrogens is 935 g/mol. The summed E-state index contributed by atoms with van der Waals surface area (Å²) in [5.74, 6) is -10.5. The monoisotopic (exact) mass is 995 g/mol. The van der Waals surface area contributed by atoms with Crippen LogP contribution >= 0.6 is 12.6 Å². The van der Waals surface area contributed by atoms with Gasteiger partial charge in [0, 0.05) is 6.42 Å². The van der Waals surface area contributed by atoms with Crippen LogP contribution in [0.4, 0.5) is 0 Å². The first-order valence-electron chi connectivity index (χ1n) is 20.3. The first-order valence-corrected chi connectivity index (χ1v) is 22.2. The maximum absolute atomic E-state index is 10.6. The Kier molecular flexibility index (Phi) is 41.3. The maximum atomic E-state index is 10.6. The number of nitrogens with zero attached hydrogens (tertiary/aromatic N) is 1. The van der Waals surface area contributed by atoms with E-state index >= 15 is 0 Å². The zero-order chi connectivity index (χ0) is 52.5. The van der Waals surface area contributed by atoms with Crippen LogP contribution in [0, 0.1) is 10.7 Å². The summed E-state index contributed by atoms with van der Waals surface area (Å²) in [6.45, 7) is 2.27. The first kappa shape index (κ1) is 67.3. The summed E-state index contributed by atoms with van der Waals surface area (Å²) in [4.78, 5) is 79.7. The molecule has 0 aliphatic carbocycles. The number of benzene rings is 2. The highest BCUT2D eigenvalue weighted by Crippen LogP contribution is 2.21. The Hall–Kier alpha value is -6.33. The number of aliphatic hydroxyl groups excluding tert-OH is 2. The number of aromatic carboxylic acids is 3. The summed E-state index contributed by atoms with van der Waals surface area (Å²) in [6.07, 6.45) is 15.1. The molecule has 25 heteroatoms. The summed E-state index contributed by atoms with van der Waals surface area (Å²) < 4.78 is 29.8. The van der Waals surface area contributed by atoms with Crippen LogP contribution in [-0.2, 0) is 34.1 Å². The number of carbonyl (C=O) groups is 8. The molecule has 2 rings (SSSR count). The van der Waals surface area contributed by atoms with Crippen molar-refractivity contribution in [3.63, 3.8) is 0 Å². The minimum Gasteiger partial charge on any atom is -0.507 e. The van der Waals surface area contributed by atoms with Crippen molar-refractivity contribution in [1.29, 1.82) is 5.26 Å². The average molecular weight is 996 g/mol. The minimum absolute atomic E-state index is 0.0833. The van der Waals surface area contributed by atoms with Crippen molar-refractivity contribution in [3.8, 4) is 11.2 Å². The zero-order valence-electron chi connectivity index (χ0n) is 36.7. The third-order valence-electron chi connectivity index (χ3n) is 8.23. The van der Waals surface area contributed by atoms with Crippen LogP contribution in [0.3, 0.4) is 0 Å². The van der Waals surface area contributed by atoms with E-state index in [9.17, 15) is 46.8 Å². The number of thiol groups is 1. The van der Waals surface area contributed by atoms with Crippen LogP contribution in [-0.4, -0.2) is 129 Å². The number of aromatic hydroxyl groups is 1. The van der Waals surface area contributed by atoms with Crippen molar-refractivity contribution in [2.24, 2.45) is 0 Å². The summed E-state index contributed by atoms with van der Waals surface area (Å²) in [5.41, 5.74) is -0.417. The number of carboxylic acids is 8. The van der Waals surface area contributed by atoms with Gasteiger partial charge in [0.2, 0.25) is 0 Å². The molecule has 0 aliphatic heterocycles. The predicted octanol–water partition coefficient (Wildman–Crippen LogP) is 5.96. The molecule has 2 aromatic rings. The largest absolute Gasteiger partial charge is 0.507 e. The molecule has 0 aromatic heterocycles. The van der Waals surface area contributed by atoms with Crippen molar-refractivity contribution in [2.45, 2.75) is 140 Å². The fourth-order valence-corrected chi connectivity index (χ4v) is 5.24. The first-order chi connectivity index (χ1) is 31.2. The van der Waals surface area contributed by atoms with Crippen LogP contribution in [0.5, 0.6) is 5.75 Å². The molecule has 378 valence electrons. The molecule has 0 amide bonds. The van der Waals surface area contributed by atoms with Gasteiger partial charge >= 0.3 is 47.8 Å². The second-order valence-corrected chi connectivity index (χ2v) is 15.3. The molecule has 2 aromatic carbocycles. The van der Waals surface area contributed by atoms with E-state index in [0.29, 0.717) is 12.5 Å². The minimum atomic E-state index is -4.45. The number of aliphatic carboxylic acids is 5. The van der Waals surface area contributed by atoms with E-state index in [4.69, 9.17) is 66.0 Å². The lowest BCUT2D eigenvalue weighted by Gasteiger charge is -2.07. The Morgan fingerprint density at radius 1 is 0.537 bits per heavy atom. The molecule has 0 saturated heterocycles. The number of hydrogen-bond donors (Lipinski definition) is 13. The molecule has 12 N–H and O–H groups in total. The predicted molar refractivity (Wildman–Crippen MR) is 239 cm³/mol. The molecular formula is C42H61NO22S2. The average Bonchev–Trinajstić information content (AvgIpc) is 3.24. The van der Waals surface area contributed by atoms with Gasteiger partial charge in [-0.05, 0) is 48.9 Å². The summed E-state index contributed by atoms with van der Waals surface area (Å²) >= 11 is 3.09. The van der Waals surface area contributed by atoms with Crippen molar-refractivity contribution < 1.29 is 107 Å².